The minimum atomic E-state index is 0.0900. The number of anilines is 1. The molecule has 3 nitrogen and oxygen atoms in total. The van der Waals surface area contributed by atoms with E-state index < -0.39 is 0 Å². The summed E-state index contributed by atoms with van der Waals surface area (Å²) in [6.45, 7) is 7.09. The fraction of sp³-hybridized carbons (Fsp3) is 0.533. The first kappa shape index (κ1) is 14.6. The molecular formula is C15H24N2O. The Morgan fingerprint density at radius 3 is 2.61 bits per heavy atom. The highest BCUT2D eigenvalue weighted by Crippen LogP contribution is 2.18. The van der Waals surface area contributed by atoms with Crippen LogP contribution in [-0.2, 0) is 0 Å². The molecule has 0 unspecified atom stereocenters. The fourth-order valence-corrected chi connectivity index (χ4v) is 1.81. The van der Waals surface area contributed by atoms with Gasteiger partial charge >= 0.3 is 0 Å². The number of hydrogen-bond donors (Lipinski definition) is 1. The number of nitrogens with zero attached hydrogens (tertiary/aromatic N) is 1. The normalized spacial score (nSPS) is 10.5. The maximum absolute atomic E-state index is 12.3. The van der Waals surface area contributed by atoms with Crippen LogP contribution in [0.15, 0.2) is 24.3 Å². The fourth-order valence-electron chi connectivity index (χ4n) is 1.81. The van der Waals surface area contributed by atoms with Crippen LogP contribution < -0.4 is 5.32 Å². The summed E-state index contributed by atoms with van der Waals surface area (Å²) in [4.78, 5) is 14.1. The standard InChI is InChI=1S/C15H24N2O/c1-5-6-11-17(4)15(18)13-9-7-8-10-14(13)16-12(2)3/h7-10,12,16H,5-6,11H2,1-4H3. The molecule has 0 aromatic heterocycles. The zero-order valence-corrected chi connectivity index (χ0v) is 11.9. The SMILES string of the molecule is CCCCN(C)C(=O)c1ccccc1NC(C)C. The van der Waals surface area contributed by atoms with Crippen LogP contribution >= 0.6 is 0 Å². The molecule has 1 N–H and O–H groups in total. The van der Waals surface area contributed by atoms with Gasteiger partial charge in [-0.1, -0.05) is 25.5 Å². The largest absolute Gasteiger partial charge is 0.382 e. The number of hydrogen-bond acceptors (Lipinski definition) is 2. The Kier molecular flexibility index (Phi) is 5.69. The van der Waals surface area contributed by atoms with Crippen molar-refractivity contribution in [3.8, 4) is 0 Å². The summed E-state index contributed by atoms with van der Waals surface area (Å²) < 4.78 is 0. The number of carbonyl (C=O) groups excluding carboxylic acids is 1. The summed E-state index contributed by atoms with van der Waals surface area (Å²) in [5, 5.41) is 3.32. The highest BCUT2D eigenvalue weighted by Gasteiger charge is 2.15. The van der Waals surface area contributed by atoms with Crippen LogP contribution in [0.4, 0.5) is 5.69 Å². The van der Waals surface area contributed by atoms with Gasteiger partial charge in [0.05, 0.1) is 5.56 Å². The summed E-state index contributed by atoms with van der Waals surface area (Å²) in [7, 11) is 1.87. The first-order chi connectivity index (χ1) is 8.56. The lowest BCUT2D eigenvalue weighted by Gasteiger charge is -2.20. The van der Waals surface area contributed by atoms with E-state index in [-0.39, 0.29) is 5.91 Å². The molecule has 3 heteroatoms. The van der Waals surface area contributed by atoms with E-state index in [1.54, 1.807) is 4.90 Å². The average molecular weight is 248 g/mol. The average Bonchev–Trinajstić information content (AvgIpc) is 2.35. The van der Waals surface area contributed by atoms with Crippen molar-refractivity contribution in [2.45, 2.75) is 39.7 Å². The van der Waals surface area contributed by atoms with Crippen molar-refractivity contribution in [2.75, 3.05) is 18.9 Å². The predicted molar refractivity (Wildman–Crippen MR) is 77.1 cm³/mol. The van der Waals surface area contributed by atoms with Crippen molar-refractivity contribution >= 4 is 11.6 Å². The van der Waals surface area contributed by atoms with Crippen LogP contribution in [-0.4, -0.2) is 30.4 Å². The van der Waals surface area contributed by atoms with Crippen LogP contribution in [0.25, 0.3) is 0 Å². The number of nitrogens with one attached hydrogen (secondary N) is 1. The second-order valence-corrected chi connectivity index (χ2v) is 4.92. The van der Waals surface area contributed by atoms with Crippen molar-refractivity contribution in [1.82, 2.24) is 4.90 Å². The number of benzene rings is 1. The lowest BCUT2D eigenvalue weighted by molar-refractivity contribution is 0.0794. The molecule has 0 aliphatic rings. The van der Waals surface area contributed by atoms with Crippen LogP contribution in [0.1, 0.15) is 44.0 Å². The Bertz CT molecular complexity index is 388. The highest BCUT2D eigenvalue weighted by molar-refractivity contribution is 5.99. The predicted octanol–water partition coefficient (Wildman–Crippen LogP) is 3.38. The maximum Gasteiger partial charge on any atom is 0.255 e. The van der Waals surface area contributed by atoms with Gasteiger partial charge < -0.3 is 10.2 Å². The number of rotatable bonds is 6. The summed E-state index contributed by atoms with van der Waals surface area (Å²) in [6.07, 6.45) is 2.14. The van der Waals surface area contributed by atoms with Gasteiger partial charge in [-0.2, -0.15) is 0 Å². The number of carbonyl (C=O) groups is 1. The molecule has 0 saturated carbocycles. The Labute approximate surface area is 110 Å². The highest BCUT2D eigenvalue weighted by atomic mass is 16.2. The third kappa shape index (κ3) is 4.06. The summed E-state index contributed by atoms with van der Waals surface area (Å²) in [5.41, 5.74) is 1.67. The van der Waals surface area contributed by atoms with Gasteiger partial charge in [0.25, 0.3) is 5.91 Å². The molecule has 0 bridgehead atoms. The van der Waals surface area contributed by atoms with Gasteiger partial charge in [0.1, 0.15) is 0 Å². The molecule has 0 heterocycles. The minimum absolute atomic E-state index is 0.0900. The van der Waals surface area contributed by atoms with Gasteiger partial charge in [-0.05, 0) is 32.4 Å². The molecule has 0 fully saturated rings. The van der Waals surface area contributed by atoms with Gasteiger partial charge in [0, 0.05) is 25.3 Å². The third-order valence-electron chi connectivity index (χ3n) is 2.80. The van der Waals surface area contributed by atoms with Crippen molar-refractivity contribution < 1.29 is 4.79 Å². The van der Waals surface area contributed by atoms with E-state index in [9.17, 15) is 4.79 Å². The Hall–Kier alpha value is -1.51. The van der Waals surface area contributed by atoms with Crippen molar-refractivity contribution in [1.29, 1.82) is 0 Å². The van der Waals surface area contributed by atoms with Gasteiger partial charge in [0.2, 0.25) is 0 Å². The van der Waals surface area contributed by atoms with Crippen LogP contribution in [0.2, 0.25) is 0 Å². The van der Waals surface area contributed by atoms with E-state index in [1.165, 1.54) is 0 Å². The van der Waals surface area contributed by atoms with E-state index in [4.69, 9.17) is 0 Å². The third-order valence-corrected chi connectivity index (χ3v) is 2.80. The maximum atomic E-state index is 12.3. The molecule has 1 amide bonds. The first-order valence-corrected chi connectivity index (χ1v) is 6.67. The summed E-state index contributed by atoms with van der Waals surface area (Å²) in [6, 6.07) is 8.02. The molecular weight excluding hydrogens is 224 g/mol. The summed E-state index contributed by atoms with van der Waals surface area (Å²) in [5.74, 6) is 0.0900. The zero-order valence-electron chi connectivity index (χ0n) is 11.9. The molecule has 100 valence electrons. The second kappa shape index (κ2) is 7.04. The molecule has 0 aliphatic carbocycles. The quantitative estimate of drug-likeness (QED) is 0.837. The van der Waals surface area contributed by atoms with E-state index in [1.807, 2.05) is 31.3 Å². The van der Waals surface area contributed by atoms with Crippen molar-refractivity contribution in [3.63, 3.8) is 0 Å². The van der Waals surface area contributed by atoms with Gasteiger partial charge in [-0.25, -0.2) is 0 Å². The Morgan fingerprint density at radius 2 is 2.00 bits per heavy atom. The zero-order chi connectivity index (χ0) is 13.5. The molecule has 1 rings (SSSR count). The van der Waals surface area contributed by atoms with Gasteiger partial charge in [0.15, 0.2) is 0 Å². The molecule has 1 aromatic rings. The molecule has 0 saturated heterocycles. The van der Waals surface area contributed by atoms with E-state index in [2.05, 4.69) is 26.1 Å². The lowest BCUT2D eigenvalue weighted by Crippen LogP contribution is -2.28. The molecule has 0 atom stereocenters. The number of amides is 1. The Balaban J connectivity index is 2.84. The Morgan fingerprint density at radius 1 is 1.33 bits per heavy atom. The number of unbranched alkanes of at least 4 members (excludes halogenated alkanes) is 1. The van der Waals surface area contributed by atoms with E-state index in [0.29, 0.717) is 6.04 Å². The molecule has 0 spiro atoms. The van der Waals surface area contributed by atoms with Gasteiger partial charge in [-0.15, -0.1) is 0 Å². The first-order valence-electron chi connectivity index (χ1n) is 6.67. The smallest absolute Gasteiger partial charge is 0.255 e. The monoisotopic (exact) mass is 248 g/mol. The molecule has 0 radical (unpaired) electrons. The minimum Gasteiger partial charge on any atom is -0.382 e. The van der Waals surface area contributed by atoms with E-state index >= 15 is 0 Å². The van der Waals surface area contributed by atoms with Gasteiger partial charge in [-0.3, -0.25) is 4.79 Å². The molecule has 0 aliphatic heterocycles. The molecule has 1 aromatic carbocycles. The second-order valence-electron chi connectivity index (χ2n) is 4.92. The summed E-state index contributed by atoms with van der Waals surface area (Å²) >= 11 is 0. The van der Waals surface area contributed by atoms with Crippen LogP contribution in [0.3, 0.4) is 0 Å². The molecule has 18 heavy (non-hydrogen) atoms. The number of para-hydroxylation sites is 1. The van der Waals surface area contributed by atoms with E-state index in [0.717, 1.165) is 30.6 Å². The van der Waals surface area contributed by atoms with Crippen LogP contribution in [0, 0.1) is 0 Å². The topological polar surface area (TPSA) is 32.3 Å². The lowest BCUT2D eigenvalue weighted by atomic mass is 10.1. The van der Waals surface area contributed by atoms with Crippen molar-refractivity contribution in [3.05, 3.63) is 29.8 Å². The van der Waals surface area contributed by atoms with Crippen molar-refractivity contribution in [2.24, 2.45) is 0 Å². The van der Waals surface area contributed by atoms with Crippen LogP contribution in [0.5, 0.6) is 0 Å².